The Kier molecular flexibility index (Phi) is 2.91. The topological polar surface area (TPSA) is 57.6 Å². The van der Waals surface area contributed by atoms with E-state index in [0.29, 0.717) is 25.9 Å². The van der Waals surface area contributed by atoms with Crippen molar-refractivity contribution < 1.29 is 14.7 Å². The summed E-state index contributed by atoms with van der Waals surface area (Å²) < 4.78 is 0. The molecule has 1 N–H and O–H groups in total. The lowest BCUT2D eigenvalue weighted by atomic mass is 9.94. The summed E-state index contributed by atoms with van der Waals surface area (Å²) in [4.78, 5) is 24.8. The van der Waals surface area contributed by atoms with Crippen LogP contribution in [0.5, 0.6) is 0 Å². The smallest absolute Gasteiger partial charge is 0.306 e. The number of rotatable bonds is 3. The van der Waals surface area contributed by atoms with Gasteiger partial charge in [-0.15, -0.1) is 0 Å². The highest BCUT2D eigenvalue weighted by Gasteiger charge is 2.50. The number of hydrogen-bond acceptors (Lipinski definition) is 2. The number of piperidine rings is 1. The van der Waals surface area contributed by atoms with Crippen molar-refractivity contribution in [3.63, 3.8) is 0 Å². The molecule has 0 aromatic carbocycles. The van der Waals surface area contributed by atoms with Gasteiger partial charge in [-0.25, -0.2) is 0 Å². The first kappa shape index (κ1) is 11.4. The molecule has 1 heterocycles. The van der Waals surface area contributed by atoms with Gasteiger partial charge in [0.15, 0.2) is 0 Å². The van der Waals surface area contributed by atoms with Crippen LogP contribution in [0.25, 0.3) is 0 Å². The number of hydrogen-bond donors (Lipinski definition) is 1. The van der Waals surface area contributed by atoms with Crippen LogP contribution in [0.3, 0.4) is 0 Å². The molecule has 2 aliphatic rings. The summed E-state index contributed by atoms with van der Waals surface area (Å²) in [6.45, 7) is 3.31. The van der Waals surface area contributed by atoms with Crippen LogP contribution in [-0.4, -0.2) is 35.0 Å². The number of amides is 1. The standard InChI is InChI=1S/C12H19NO3/c1-2-12(5-6-12)11(16)13-7-3-9(4-8-13)10(14)15/h9H,2-8H2,1H3,(H,14,15). The molecule has 0 aromatic rings. The molecule has 1 saturated heterocycles. The number of nitrogens with zero attached hydrogens (tertiary/aromatic N) is 1. The van der Waals surface area contributed by atoms with E-state index in [1.807, 2.05) is 4.90 Å². The van der Waals surface area contributed by atoms with E-state index in [1.54, 1.807) is 0 Å². The second-order valence-corrected chi connectivity index (χ2v) is 5.04. The van der Waals surface area contributed by atoms with Crippen molar-refractivity contribution in [2.24, 2.45) is 11.3 Å². The minimum atomic E-state index is -0.719. The van der Waals surface area contributed by atoms with Crippen LogP contribution in [0.15, 0.2) is 0 Å². The Balaban J connectivity index is 1.89. The Bertz CT molecular complexity index is 301. The Morgan fingerprint density at radius 2 is 1.88 bits per heavy atom. The lowest BCUT2D eigenvalue weighted by Crippen LogP contribution is -2.43. The van der Waals surface area contributed by atoms with Gasteiger partial charge in [-0.1, -0.05) is 6.92 Å². The van der Waals surface area contributed by atoms with Crippen LogP contribution in [0.1, 0.15) is 39.0 Å². The molecule has 0 spiro atoms. The number of carbonyl (C=O) groups is 2. The van der Waals surface area contributed by atoms with Crippen molar-refractivity contribution in [2.75, 3.05) is 13.1 Å². The predicted molar refractivity (Wildman–Crippen MR) is 58.9 cm³/mol. The van der Waals surface area contributed by atoms with Gasteiger partial charge < -0.3 is 10.0 Å². The van der Waals surface area contributed by atoms with E-state index >= 15 is 0 Å². The van der Waals surface area contributed by atoms with Crippen molar-refractivity contribution in [3.05, 3.63) is 0 Å². The molecule has 1 amide bonds. The van der Waals surface area contributed by atoms with E-state index in [2.05, 4.69) is 6.92 Å². The third-order valence-corrected chi connectivity index (χ3v) is 4.12. The van der Waals surface area contributed by atoms with E-state index in [0.717, 1.165) is 19.3 Å². The molecule has 0 aromatic heterocycles. The highest BCUT2D eigenvalue weighted by Crippen LogP contribution is 2.50. The fourth-order valence-corrected chi connectivity index (χ4v) is 2.53. The zero-order chi connectivity index (χ0) is 11.8. The maximum absolute atomic E-state index is 12.2. The normalized spacial score (nSPS) is 24.2. The van der Waals surface area contributed by atoms with Crippen molar-refractivity contribution in [1.82, 2.24) is 4.90 Å². The molecule has 4 nitrogen and oxygen atoms in total. The fourth-order valence-electron chi connectivity index (χ4n) is 2.53. The fraction of sp³-hybridized carbons (Fsp3) is 0.833. The maximum Gasteiger partial charge on any atom is 0.306 e. The Morgan fingerprint density at radius 1 is 1.31 bits per heavy atom. The Labute approximate surface area is 95.6 Å². The monoisotopic (exact) mass is 225 g/mol. The Morgan fingerprint density at radius 3 is 2.25 bits per heavy atom. The first-order valence-electron chi connectivity index (χ1n) is 6.11. The molecule has 0 radical (unpaired) electrons. The van der Waals surface area contributed by atoms with Crippen LogP contribution in [0, 0.1) is 11.3 Å². The number of carbonyl (C=O) groups excluding carboxylic acids is 1. The van der Waals surface area contributed by atoms with E-state index in [-0.39, 0.29) is 17.2 Å². The van der Waals surface area contributed by atoms with Gasteiger partial charge in [0.2, 0.25) is 5.91 Å². The number of aliphatic carboxylic acids is 1. The van der Waals surface area contributed by atoms with Crippen LogP contribution in [-0.2, 0) is 9.59 Å². The lowest BCUT2D eigenvalue weighted by Gasteiger charge is -2.32. The molecule has 4 heteroatoms. The van der Waals surface area contributed by atoms with E-state index in [1.165, 1.54) is 0 Å². The van der Waals surface area contributed by atoms with E-state index < -0.39 is 5.97 Å². The molecule has 2 rings (SSSR count). The first-order valence-corrected chi connectivity index (χ1v) is 6.11. The molecule has 0 atom stereocenters. The van der Waals surface area contributed by atoms with Crippen LogP contribution < -0.4 is 0 Å². The second-order valence-electron chi connectivity index (χ2n) is 5.04. The summed E-state index contributed by atoms with van der Waals surface area (Å²) in [5.74, 6) is -0.705. The number of likely N-dealkylation sites (tertiary alicyclic amines) is 1. The van der Waals surface area contributed by atoms with Gasteiger partial charge in [0.1, 0.15) is 0 Å². The molecular formula is C12H19NO3. The molecule has 16 heavy (non-hydrogen) atoms. The number of carboxylic acids is 1. The number of carboxylic acid groups (broad SMARTS) is 1. The molecule has 1 aliphatic heterocycles. The molecule has 2 fully saturated rings. The summed E-state index contributed by atoms with van der Waals surface area (Å²) in [7, 11) is 0. The van der Waals surface area contributed by atoms with E-state index in [4.69, 9.17) is 5.11 Å². The Hall–Kier alpha value is -1.06. The molecule has 0 bridgehead atoms. The highest BCUT2D eigenvalue weighted by atomic mass is 16.4. The predicted octanol–water partition coefficient (Wildman–Crippen LogP) is 1.50. The maximum atomic E-state index is 12.2. The third kappa shape index (κ3) is 1.93. The van der Waals surface area contributed by atoms with Crippen LogP contribution in [0.2, 0.25) is 0 Å². The molecule has 90 valence electrons. The van der Waals surface area contributed by atoms with Crippen molar-refractivity contribution in [1.29, 1.82) is 0 Å². The average Bonchev–Trinajstić information content (AvgIpc) is 3.09. The van der Waals surface area contributed by atoms with Crippen molar-refractivity contribution in [3.8, 4) is 0 Å². The van der Waals surface area contributed by atoms with Crippen molar-refractivity contribution in [2.45, 2.75) is 39.0 Å². The van der Waals surface area contributed by atoms with Gasteiger partial charge in [0.05, 0.1) is 5.92 Å². The summed E-state index contributed by atoms with van der Waals surface area (Å²) >= 11 is 0. The largest absolute Gasteiger partial charge is 0.481 e. The van der Waals surface area contributed by atoms with Gasteiger partial charge >= 0.3 is 5.97 Å². The molecule has 0 unspecified atom stereocenters. The summed E-state index contributed by atoms with van der Waals surface area (Å²) in [6.07, 6.45) is 4.18. The van der Waals surface area contributed by atoms with Crippen molar-refractivity contribution >= 4 is 11.9 Å². The summed E-state index contributed by atoms with van der Waals surface area (Å²) in [5.41, 5.74) is -0.0734. The van der Waals surface area contributed by atoms with Gasteiger partial charge in [0.25, 0.3) is 0 Å². The first-order chi connectivity index (χ1) is 7.59. The van der Waals surface area contributed by atoms with Crippen LogP contribution in [0.4, 0.5) is 0 Å². The quantitative estimate of drug-likeness (QED) is 0.791. The lowest BCUT2D eigenvalue weighted by molar-refractivity contribution is -0.147. The van der Waals surface area contributed by atoms with Crippen LogP contribution >= 0.6 is 0 Å². The minimum Gasteiger partial charge on any atom is -0.481 e. The second kappa shape index (κ2) is 4.07. The van der Waals surface area contributed by atoms with Gasteiger partial charge in [-0.05, 0) is 32.1 Å². The summed E-state index contributed by atoms with van der Waals surface area (Å²) in [6, 6.07) is 0. The van der Waals surface area contributed by atoms with Gasteiger partial charge in [0, 0.05) is 18.5 Å². The van der Waals surface area contributed by atoms with Gasteiger partial charge in [-0.3, -0.25) is 9.59 Å². The zero-order valence-corrected chi connectivity index (χ0v) is 9.74. The summed E-state index contributed by atoms with van der Waals surface area (Å²) in [5, 5.41) is 8.88. The zero-order valence-electron chi connectivity index (χ0n) is 9.74. The highest BCUT2D eigenvalue weighted by molar-refractivity contribution is 5.85. The third-order valence-electron chi connectivity index (χ3n) is 4.12. The minimum absolute atomic E-state index is 0.0734. The van der Waals surface area contributed by atoms with Gasteiger partial charge in [-0.2, -0.15) is 0 Å². The SMILES string of the molecule is CCC1(C(=O)N2CCC(C(=O)O)CC2)CC1. The van der Waals surface area contributed by atoms with E-state index in [9.17, 15) is 9.59 Å². The molecule has 1 saturated carbocycles. The molecular weight excluding hydrogens is 206 g/mol. The average molecular weight is 225 g/mol. The molecule has 1 aliphatic carbocycles.